The number of aromatic nitrogens is 4. The first kappa shape index (κ1) is 15.6. The highest BCUT2D eigenvalue weighted by molar-refractivity contribution is 5.62. The average molecular weight is 350 g/mol. The van der Waals surface area contributed by atoms with Gasteiger partial charge in [-0.15, -0.1) is 0 Å². The zero-order valence-electron chi connectivity index (χ0n) is 14.6. The average Bonchev–Trinajstić information content (AvgIpc) is 3.39. The van der Waals surface area contributed by atoms with Crippen molar-refractivity contribution in [3.8, 4) is 17.1 Å². The maximum Gasteiger partial charge on any atom is 0.223 e. The third-order valence-electron chi connectivity index (χ3n) is 4.86. The van der Waals surface area contributed by atoms with Crippen molar-refractivity contribution in [3.63, 3.8) is 0 Å². The van der Waals surface area contributed by atoms with Gasteiger partial charge in [-0.1, -0.05) is 0 Å². The molecule has 0 bridgehead atoms. The Kier molecular flexibility index (Phi) is 3.93. The van der Waals surface area contributed by atoms with E-state index in [4.69, 9.17) is 9.72 Å². The van der Waals surface area contributed by atoms with Crippen LogP contribution in [0.15, 0.2) is 36.8 Å². The van der Waals surface area contributed by atoms with Gasteiger partial charge < -0.3 is 15.4 Å². The molecule has 3 aromatic heterocycles. The van der Waals surface area contributed by atoms with Crippen molar-refractivity contribution in [3.05, 3.63) is 36.8 Å². The number of hydrogen-bond acceptors (Lipinski definition) is 6. The maximum absolute atomic E-state index is 5.86. The van der Waals surface area contributed by atoms with E-state index in [1.165, 1.54) is 6.42 Å². The highest BCUT2D eigenvalue weighted by atomic mass is 16.5. The molecule has 0 radical (unpaired) electrons. The molecular weight excluding hydrogens is 328 g/mol. The van der Waals surface area contributed by atoms with Gasteiger partial charge in [-0.3, -0.25) is 4.40 Å². The molecule has 134 valence electrons. The maximum atomic E-state index is 5.86. The number of imidazole rings is 1. The molecule has 5 rings (SSSR count). The summed E-state index contributed by atoms with van der Waals surface area (Å²) in [5, 5.41) is 6.84. The van der Waals surface area contributed by atoms with Crippen LogP contribution in [0.3, 0.4) is 0 Å². The van der Waals surface area contributed by atoms with Gasteiger partial charge >= 0.3 is 0 Å². The fourth-order valence-electron chi connectivity index (χ4n) is 3.33. The zero-order chi connectivity index (χ0) is 17.3. The highest BCUT2D eigenvalue weighted by Gasteiger charge is 2.23. The fourth-order valence-corrected chi connectivity index (χ4v) is 3.33. The normalized spacial score (nSPS) is 20.2. The van der Waals surface area contributed by atoms with E-state index < -0.39 is 0 Å². The van der Waals surface area contributed by atoms with Crippen LogP contribution < -0.4 is 15.4 Å². The number of hydrogen-bond donors (Lipinski definition) is 2. The lowest BCUT2D eigenvalue weighted by Crippen LogP contribution is -2.38. The van der Waals surface area contributed by atoms with Crippen LogP contribution in [0, 0.1) is 0 Å². The van der Waals surface area contributed by atoms with E-state index in [0.717, 1.165) is 55.1 Å². The summed E-state index contributed by atoms with van der Waals surface area (Å²) in [5.74, 6) is 1.55. The van der Waals surface area contributed by atoms with Gasteiger partial charge in [-0.05, 0) is 44.4 Å². The van der Waals surface area contributed by atoms with Crippen LogP contribution >= 0.6 is 0 Å². The summed E-state index contributed by atoms with van der Waals surface area (Å²) >= 11 is 0. The SMILES string of the molecule is c1cc(-c2cnc3cc(OC4CC4)ccn23)nc(N[C@@H]2CCCNC2)n1. The molecule has 0 aromatic carbocycles. The summed E-state index contributed by atoms with van der Waals surface area (Å²) in [4.78, 5) is 13.6. The van der Waals surface area contributed by atoms with Crippen molar-refractivity contribution >= 4 is 11.6 Å². The minimum Gasteiger partial charge on any atom is -0.490 e. The van der Waals surface area contributed by atoms with Crippen LogP contribution in [0.25, 0.3) is 17.0 Å². The quantitative estimate of drug-likeness (QED) is 0.736. The molecule has 0 unspecified atom stereocenters. The number of nitrogens with zero attached hydrogens (tertiary/aromatic N) is 4. The number of nitrogens with one attached hydrogen (secondary N) is 2. The number of anilines is 1. The molecule has 2 fully saturated rings. The monoisotopic (exact) mass is 350 g/mol. The van der Waals surface area contributed by atoms with Crippen LogP contribution in [0.2, 0.25) is 0 Å². The van der Waals surface area contributed by atoms with Gasteiger partial charge in [-0.25, -0.2) is 15.0 Å². The topological polar surface area (TPSA) is 76.4 Å². The Labute approximate surface area is 151 Å². The molecule has 7 heteroatoms. The van der Waals surface area contributed by atoms with E-state index in [2.05, 4.69) is 20.6 Å². The van der Waals surface area contributed by atoms with Crippen LogP contribution in [0.5, 0.6) is 5.75 Å². The molecule has 1 aliphatic heterocycles. The number of pyridine rings is 1. The van der Waals surface area contributed by atoms with Crippen LogP contribution in [-0.4, -0.2) is 44.6 Å². The second-order valence-electron chi connectivity index (χ2n) is 7.00. The Hall–Kier alpha value is -2.67. The van der Waals surface area contributed by atoms with Crippen molar-refractivity contribution in [2.45, 2.75) is 37.8 Å². The van der Waals surface area contributed by atoms with Crippen LogP contribution in [0.4, 0.5) is 5.95 Å². The molecule has 0 amide bonds. The van der Waals surface area contributed by atoms with E-state index in [0.29, 0.717) is 18.1 Å². The first-order valence-electron chi connectivity index (χ1n) is 9.29. The Bertz CT molecular complexity index is 913. The molecule has 1 atom stereocenters. The summed E-state index contributed by atoms with van der Waals surface area (Å²) in [5.41, 5.74) is 2.67. The summed E-state index contributed by atoms with van der Waals surface area (Å²) in [7, 11) is 0. The van der Waals surface area contributed by atoms with E-state index in [1.807, 2.05) is 35.0 Å². The second-order valence-corrected chi connectivity index (χ2v) is 7.00. The van der Waals surface area contributed by atoms with Gasteiger partial charge in [0, 0.05) is 31.0 Å². The van der Waals surface area contributed by atoms with Crippen molar-refractivity contribution < 1.29 is 4.74 Å². The molecule has 0 spiro atoms. The molecule has 1 saturated heterocycles. The molecule has 1 saturated carbocycles. The molecule has 3 aromatic rings. The van der Waals surface area contributed by atoms with Crippen molar-refractivity contribution in [2.75, 3.05) is 18.4 Å². The molecule has 7 nitrogen and oxygen atoms in total. The fraction of sp³-hybridized carbons (Fsp3) is 0.421. The standard InChI is InChI=1S/C19H22N6O/c1-2-13(11-20-7-1)23-19-21-8-5-16(24-19)17-12-22-18-10-15(6-9-25(17)18)26-14-3-4-14/h5-6,8-10,12-14,20H,1-4,7,11H2,(H,21,23,24)/t13-/m1/s1. The molecule has 2 N–H and O–H groups in total. The van der Waals surface area contributed by atoms with E-state index in [1.54, 1.807) is 6.20 Å². The molecule has 26 heavy (non-hydrogen) atoms. The van der Waals surface area contributed by atoms with E-state index in [9.17, 15) is 0 Å². The largest absolute Gasteiger partial charge is 0.490 e. The Morgan fingerprint density at radius 1 is 1.19 bits per heavy atom. The minimum atomic E-state index is 0.378. The van der Waals surface area contributed by atoms with Crippen molar-refractivity contribution in [1.29, 1.82) is 0 Å². The molecular formula is C19H22N6O. The highest BCUT2D eigenvalue weighted by Crippen LogP contribution is 2.28. The Morgan fingerprint density at radius 2 is 2.15 bits per heavy atom. The van der Waals surface area contributed by atoms with Gasteiger partial charge in [-0.2, -0.15) is 0 Å². The van der Waals surface area contributed by atoms with Crippen molar-refractivity contribution in [1.82, 2.24) is 24.7 Å². The molecule has 2 aliphatic rings. The lowest BCUT2D eigenvalue weighted by Gasteiger charge is -2.23. The zero-order valence-corrected chi connectivity index (χ0v) is 14.6. The Morgan fingerprint density at radius 3 is 3.00 bits per heavy atom. The first-order chi connectivity index (χ1) is 12.8. The van der Waals surface area contributed by atoms with E-state index >= 15 is 0 Å². The minimum absolute atomic E-state index is 0.378. The Balaban J connectivity index is 1.40. The summed E-state index contributed by atoms with van der Waals surface area (Å²) in [6.45, 7) is 2.04. The summed E-state index contributed by atoms with van der Waals surface area (Å²) in [6, 6.07) is 6.27. The first-order valence-corrected chi connectivity index (χ1v) is 9.29. The smallest absolute Gasteiger partial charge is 0.223 e. The van der Waals surface area contributed by atoms with Gasteiger partial charge in [0.25, 0.3) is 0 Å². The predicted octanol–water partition coefficient (Wildman–Crippen LogP) is 2.50. The van der Waals surface area contributed by atoms with Crippen molar-refractivity contribution in [2.24, 2.45) is 0 Å². The second kappa shape index (κ2) is 6.57. The predicted molar refractivity (Wildman–Crippen MR) is 99.4 cm³/mol. The number of rotatable bonds is 5. The van der Waals surface area contributed by atoms with E-state index in [-0.39, 0.29) is 0 Å². The lowest BCUT2D eigenvalue weighted by atomic mass is 10.1. The molecule has 4 heterocycles. The van der Waals surface area contributed by atoms with Gasteiger partial charge in [0.05, 0.1) is 23.7 Å². The van der Waals surface area contributed by atoms with Crippen LogP contribution in [-0.2, 0) is 0 Å². The summed E-state index contributed by atoms with van der Waals surface area (Å²) < 4.78 is 7.89. The lowest BCUT2D eigenvalue weighted by molar-refractivity contribution is 0.303. The number of ether oxygens (including phenoxy) is 1. The third kappa shape index (κ3) is 3.22. The van der Waals surface area contributed by atoms with Crippen LogP contribution in [0.1, 0.15) is 25.7 Å². The van der Waals surface area contributed by atoms with Gasteiger partial charge in [0.2, 0.25) is 5.95 Å². The number of piperidine rings is 1. The number of fused-ring (bicyclic) bond motifs is 1. The van der Waals surface area contributed by atoms with Gasteiger partial charge in [0.1, 0.15) is 11.4 Å². The van der Waals surface area contributed by atoms with Gasteiger partial charge in [0.15, 0.2) is 0 Å². The molecule has 1 aliphatic carbocycles. The third-order valence-corrected chi connectivity index (χ3v) is 4.86. The summed E-state index contributed by atoms with van der Waals surface area (Å²) in [6.07, 6.45) is 10.6.